The molecule has 0 aliphatic carbocycles. The average Bonchev–Trinajstić information content (AvgIpc) is 2.58. The zero-order valence-electron chi connectivity index (χ0n) is 13.4. The zero-order chi connectivity index (χ0) is 16.8. The van der Waals surface area contributed by atoms with E-state index in [1.807, 2.05) is 35.2 Å². The minimum Gasteiger partial charge on any atom is -0.395 e. The lowest BCUT2D eigenvalue weighted by molar-refractivity contribution is -0.130. The van der Waals surface area contributed by atoms with Gasteiger partial charge in [-0.3, -0.25) is 9.69 Å². The Balaban J connectivity index is 2.03. The van der Waals surface area contributed by atoms with Crippen molar-refractivity contribution in [2.75, 3.05) is 19.7 Å². The molecule has 0 unspecified atom stereocenters. The van der Waals surface area contributed by atoms with E-state index in [9.17, 15) is 20.1 Å². The maximum Gasteiger partial charge on any atom is 0.220 e. The van der Waals surface area contributed by atoms with Crippen molar-refractivity contribution in [3.8, 4) is 0 Å². The maximum absolute atomic E-state index is 11.6. The lowest BCUT2D eigenvalue weighted by atomic mass is 9.92. The predicted molar refractivity (Wildman–Crippen MR) is 86.8 cm³/mol. The summed E-state index contributed by atoms with van der Waals surface area (Å²) in [5, 5.41) is 32.8. The smallest absolute Gasteiger partial charge is 0.220 e. The number of carbonyl (C=O) groups is 1. The molecule has 4 atom stereocenters. The van der Waals surface area contributed by atoms with E-state index in [-0.39, 0.29) is 12.5 Å². The van der Waals surface area contributed by atoms with E-state index in [0.29, 0.717) is 19.5 Å². The molecule has 1 aromatic rings. The third kappa shape index (κ3) is 4.51. The Morgan fingerprint density at radius 3 is 2.57 bits per heavy atom. The van der Waals surface area contributed by atoms with E-state index in [2.05, 4.69) is 5.32 Å². The highest BCUT2D eigenvalue weighted by molar-refractivity contribution is 5.75. The molecule has 0 radical (unpaired) electrons. The van der Waals surface area contributed by atoms with Crippen LogP contribution in [-0.4, -0.2) is 70.1 Å². The van der Waals surface area contributed by atoms with Gasteiger partial charge in [0, 0.05) is 19.5 Å². The monoisotopic (exact) mass is 322 g/mol. The highest BCUT2D eigenvalue weighted by atomic mass is 16.3. The molecule has 1 aliphatic rings. The number of carbonyl (C=O) groups excluding carboxylic acids is 1. The van der Waals surface area contributed by atoms with E-state index in [4.69, 9.17) is 0 Å². The van der Waals surface area contributed by atoms with Gasteiger partial charge in [0.05, 0.1) is 24.8 Å². The first-order chi connectivity index (χ1) is 11.1. The number of hydrogen-bond acceptors (Lipinski definition) is 5. The number of amides is 1. The summed E-state index contributed by atoms with van der Waals surface area (Å²) < 4.78 is 0. The van der Waals surface area contributed by atoms with Crippen LogP contribution in [0.4, 0.5) is 0 Å². The molecule has 0 spiro atoms. The van der Waals surface area contributed by atoms with Crippen molar-refractivity contribution in [3.05, 3.63) is 35.9 Å². The van der Waals surface area contributed by atoms with Crippen LogP contribution in [0.2, 0.25) is 0 Å². The second kappa shape index (κ2) is 8.40. The van der Waals surface area contributed by atoms with Gasteiger partial charge in [0.15, 0.2) is 0 Å². The lowest BCUT2D eigenvalue weighted by Gasteiger charge is -2.45. The van der Waals surface area contributed by atoms with Gasteiger partial charge in [0.25, 0.3) is 0 Å². The zero-order valence-corrected chi connectivity index (χ0v) is 13.4. The Labute approximate surface area is 136 Å². The molecular weight excluding hydrogens is 296 g/mol. The molecule has 0 saturated carbocycles. The number of likely N-dealkylation sites (tertiary alicyclic amines) is 1. The summed E-state index contributed by atoms with van der Waals surface area (Å²) in [6.45, 7) is 2.55. The molecule has 1 aliphatic heterocycles. The molecule has 1 amide bonds. The van der Waals surface area contributed by atoms with Gasteiger partial charge in [-0.2, -0.15) is 0 Å². The second-order valence-electron chi connectivity index (χ2n) is 5.99. The standard InChI is InChI=1S/C17H26N2O4/c1-2-15(21)18-13-10-19(14(11-20)17(23)16(13)22)9-8-12-6-4-3-5-7-12/h3-7,13-14,16-17,20,22-23H,2,8-11H2,1H3,(H,18,21)/t13-,14+,16+,17+/m0/s1. The van der Waals surface area contributed by atoms with E-state index < -0.39 is 24.3 Å². The molecule has 1 fully saturated rings. The van der Waals surface area contributed by atoms with Crippen molar-refractivity contribution >= 4 is 5.91 Å². The molecule has 0 bridgehead atoms. The SMILES string of the molecule is CCC(=O)N[C@H]1CN(CCc2ccccc2)[C@H](CO)[C@@H](O)[C@@H]1O. The van der Waals surface area contributed by atoms with Crippen molar-refractivity contribution in [2.24, 2.45) is 0 Å². The molecule has 6 heteroatoms. The Morgan fingerprint density at radius 2 is 1.96 bits per heavy atom. The fourth-order valence-electron chi connectivity index (χ4n) is 3.02. The van der Waals surface area contributed by atoms with Gasteiger partial charge in [0.2, 0.25) is 5.91 Å². The van der Waals surface area contributed by atoms with Crippen LogP contribution in [0.3, 0.4) is 0 Å². The van der Waals surface area contributed by atoms with Crippen molar-refractivity contribution in [1.29, 1.82) is 0 Å². The van der Waals surface area contributed by atoms with Crippen LogP contribution in [0.15, 0.2) is 30.3 Å². The first-order valence-corrected chi connectivity index (χ1v) is 8.11. The van der Waals surface area contributed by atoms with Crippen LogP contribution in [0, 0.1) is 0 Å². The number of rotatable bonds is 6. The highest BCUT2D eigenvalue weighted by Gasteiger charge is 2.41. The largest absolute Gasteiger partial charge is 0.395 e. The summed E-state index contributed by atoms with van der Waals surface area (Å²) in [6, 6.07) is 8.89. The summed E-state index contributed by atoms with van der Waals surface area (Å²) in [5.41, 5.74) is 1.17. The van der Waals surface area contributed by atoms with Crippen LogP contribution in [-0.2, 0) is 11.2 Å². The topological polar surface area (TPSA) is 93.0 Å². The summed E-state index contributed by atoms with van der Waals surface area (Å²) >= 11 is 0. The average molecular weight is 322 g/mol. The molecular formula is C17H26N2O4. The van der Waals surface area contributed by atoms with E-state index in [1.165, 1.54) is 5.56 Å². The molecule has 6 nitrogen and oxygen atoms in total. The number of benzene rings is 1. The van der Waals surface area contributed by atoms with Crippen LogP contribution in [0.5, 0.6) is 0 Å². The Hall–Kier alpha value is -1.47. The summed E-state index contributed by atoms with van der Waals surface area (Å²) in [4.78, 5) is 13.5. The molecule has 4 N–H and O–H groups in total. The molecule has 1 aromatic carbocycles. The van der Waals surface area contributed by atoms with E-state index in [1.54, 1.807) is 6.92 Å². The van der Waals surface area contributed by atoms with Crippen molar-refractivity contribution in [3.63, 3.8) is 0 Å². The van der Waals surface area contributed by atoms with Gasteiger partial charge in [-0.05, 0) is 12.0 Å². The van der Waals surface area contributed by atoms with Crippen LogP contribution in [0.1, 0.15) is 18.9 Å². The minimum absolute atomic E-state index is 0.160. The molecule has 1 heterocycles. The third-order valence-electron chi connectivity index (χ3n) is 4.44. The highest BCUT2D eigenvalue weighted by Crippen LogP contribution is 2.19. The number of nitrogens with one attached hydrogen (secondary N) is 1. The van der Waals surface area contributed by atoms with Crippen molar-refractivity contribution in [2.45, 2.75) is 44.1 Å². The molecule has 23 heavy (non-hydrogen) atoms. The van der Waals surface area contributed by atoms with Crippen LogP contribution < -0.4 is 5.32 Å². The molecule has 0 aromatic heterocycles. The van der Waals surface area contributed by atoms with E-state index in [0.717, 1.165) is 6.42 Å². The van der Waals surface area contributed by atoms with Gasteiger partial charge >= 0.3 is 0 Å². The fraction of sp³-hybridized carbons (Fsp3) is 0.588. The molecule has 128 valence electrons. The Kier molecular flexibility index (Phi) is 6.53. The third-order valence-corrected chi connectivity index (χ3v) is 4.44. The Morgan fingerprint density at radius 1 is 1.26 bits per heavy atom. The van der Waals surface area contributed by atoms with Gasteiger partial charge in [-0.15, -0.1) is 0 Å². The summed E-state index contributed by atoms with van der Waals surface area (Å²) in [7, 11) is 0. The van der Waals surface area contributed by atoms with Gasteiger partial charge < -0.3 is 20.6 Å². The molecule has 1 saturated heterocycles. The normalized spacial score (nSPS) is 28.5. The summed E-state index contributed by atoms with van der Waals surface area (Å²) in [6.07, 6.45) is -1.07. The first-order valence-electron chi connectivity index (χ1n) is 8.11. The van der Waals surface area contributed by atoms with Crippen LogP contribution in [0.25, 0.3) is 0 Å². The second-order valence-corrected chi connectivity index (χ2v) is 5.99. The lowest BCUT2D eigenvalue weighted by Crippen LogP contribution is -2.66. The van der Waals surface area contributed by atoms with Gasteiger partial charge in [-0.1, -0.05) is 37.3 Å². The number of aliphatic hydroxyl groups is 3. The first kappa shape index (κ1) is 17.9. The van der Waals surface area contributed by atoms with E-state index >= 15 is 0 Å². The number of nitrogens with zero attached hydrogens (tertiary/aromatic N) is 1. The quantitative estimate of drug-likeness (QED) is 0.568. The Bertz CT molecular complexity index is 497. The maximum atomic E-state index is 11.6. The van der Waals surface area contributed by atoms with Crippen LogP contribution >= 0.6 is 0 Å². The minimum atomic E-state index is -1.09. The van der Waals surface area contributed by atoms with Gasteiger partial charge in [0.1, 0.15) is 6.10 Å². The van der Waals surface area contributed by atoms with Crippen molar-refractivity contribution < 1.29 is 20.1 Å². The number of aliphatic hydroxyl groups excluding tert-OH is 3. The summed E-state index contributed by atoms with van der Waals surface area (Å²) in [5.74, 6) is -0.160. The van der Waals surface area contributed by atoms with Gasteiger partial charge in [-0.25, -0.2) is 0 Å². The number of piperidine rings is 1. The molecule has 2 rings (SSSR count). The fourth-order valence-corrected chi connectivity index (χ4v) is 3.02. The number of hydrogen-bond donors (Lipinski definition) is 4. The van der Waals surface area contributed by atoms with Crippen molar-refractivity contribution in [1.82, 2.24) is 10.2 Å². The predicted octanol–water partition coefficient (Wildman–Crippen LogP) is -0.478.